The van der Waals surface area contributed by atoms with Crippen LogP contribution >= 0.6 is 0 Å². The maximum atomic E-state index is 11.9. The number of alkyl carbamates (subject to hydrolysis) is 1. The first-order valence-corrected chi connectivity index (χ1v) is 9.06. The average Bonchev–Trinajstić information content (AvgIpc) is 2.49. The molecule has 6 heteroatoms. The van der Waals surface area contributed by atoms with E-state index in [0.717, 1.165) is 25.8 Å². The Morgan fingerprint density at radius 2 is 1.88 bits per heavy atom. The summed E-state index contributed by atoms with van der Waals surface area (Å²) < 4.78 is 10.7. The second-order valence-electron chi connectivity index (χ2n) is 8.31. The van der Waals surface area contributed by atoms with Crippen molar-refractivity contribution in [3.63, 3.8) is 0 Å². The van der Waals surface area contributed by atoms with E-state index in [9.17, 15) is 9.90 Å². The van der Waals surface area contributed by atoms with Gasteiger partial charge < -0.3 is 25.2 Å². The van der Waals surface area contributed by atoms with E-state index in [1.54, 1.807) is 0 Å². The molecule has 1 aliphatic heterocycles. The SMILES string of the molecule is CC(C)CC(CNC(=O)OC(C)(C)C)CNC1(CO)CCOCC1. The number of carbonyl (C=O) groups excluding carboxylic acids is 1. The van der Waals surface area contributed by atoms with Gasteiger partial charge in [0.05, 0.1) is 6.61 Å². The molecule has 6 nitrogen and oxygen atoms in total. The lowest BCUT2D eigenvalue weighted by atomic mass is 9.89. The van der Waals surface area contributed by atoms with E-state index >= 15 is 0 Å². The van der Waals surface area contributed by atoms with Crippen LogP contribution in [-0.2, 0) is 9.47 Å². The van der Waals surface area contributed by atoms with E-state index in [1.165, 1.54) is 0 Å². The normalized spacial score (nSPS) is 19.1. The van der Waals surface area contributed by atoms with Crippen molar-refractivity contribution >= 4 is 6.09 Å². The van der Waals surface area contributed by atoms with Crippen LogP contribution in [0.25, 0.3) is 0 Å². The third-order valence-corrected chi connectivity index (χ3v) is 4.26. The molecule has 1 amide bonds. The molecule has 24 heavy (non-hydrogen) atoms. The van der Waals surface area contributed by atoms with Crippen LogP contribution in [0, 0.1) is 11.8 Å². The monoisotopic (exact) mass is 344 g/mol. The Morgan fingerprint density at radius 1 is 1.25 bits per heavy atom. The van der Waals surface area contributed by atoms with Gasteiger partial charge in [0.25, 0.3) is 0 Å². The van der Waals surface area contributed by atoms with Gasteiger partial charge in [-0.2, -0.15) is 0 Å². The van der Waals surface area contributed by atoms with Crippen molar-refractivity contribution in [2.45, 2.75) is 65.0 Å². The molecule has 0 spiro atoms. The molecule has 0 saturated carbocycles. The van der Waals surface area contributed by atoms with Crippen LogP contribution in [0.5, 0.6) is 0 Å². The Labute approximate surface area is 146 Å². The minimum atomic E-state index is -0.487. The van der Waals surface area contributed by atoms with Crippen LogP contribution < -0.4 is 10.6 Å². The summed E-state index contributed by atoms with van der Waals surface area (Å²) in [4.78, 5) is 11.9. The average molecular weight is 344 g/mol. The molecule has 1 heterocycles. The van der Waals surface area contributed by atoms with E-state index in [-0.39, 0.29) is 18.2 Å². The molecule has 1 unspecified atom stereocenters. The van der Waals surface area contributed by atoms with Crippen LogP contribution in [0.1, 0.15) is 53.9 Å². The fourth-order valence-corrected chi connectivity index (χ4v) is 2.96. The van der Waals surface area contributed by atoms with E-state index in [2.05, 4.69) is 24.5 Å². The van der Waals surface area contributed by atoms with E-state index in [4.69, 9.17) is 9.47 Å². The molecule has 1 atom stereocenters. The molecular formula is C18H36N2O4. The van der Waals surface area contributed by atoms with Gasteiger partial charge in [-0.15, -0.1) is 0 Å². The summed E-state index contributed by atoms with van der Waals surface area (Å²) in [5.74, 6) is 0.834. The van der Waals surface area contributed by atoms with Crippen molar-refractivity contribution in [3.8, 4) is 0 Å². The maximum Gasteiger partial charge on any atom is 0.407 e. The number of ether oxygens (including phenoxy) is 2. The summed E-state index contributed by atoms with van der Waals surface area (Å²) in [5.41, 5.74) is -0.738. The first-order valence-electron chi connectivity index (χ1n) is 9.06. The van der Waals surface area contributed by atoms with Gasteiger partial charge in [-0.1, -0.05) is 13.8 Å². The number of carbonyl (C=O) groups is 1. The number of aliphatic hydroxyl groups excluding tert-OH is 1. The molecular weight excluding hydrogens is 308 g/mol. The Hall–Kier alpha value is -0.850. The standard InChI is InChI=1S/C18H36N2O4/c1-14(2)10-15(11-19-16(22)24-17(3,4)5)12-20-18(13-21)6-8-23-9-7-18/h14-15,20-21H,6-13H2,1-5H3,(H,19,22). The molecule has 0 aromatic carbocycles. The number of rotatable bonds is 8. The fourth-order valence-electron chi connectivity index (χ4n) is 2.96. The number of hydrogen-bond acceptors (Lipinski definition) is 5. The molecule has 0 aromatic heterocycles. The van der Waals surface area contributed by atoms with Crippen LogP contribution in [0.2, 0.25) is 0 Å². The summed E-state index contributed by atoms with van der Waals surface area (Å²) in [5, 5.41) is 16.2. The van der Waals surface area contributed by atoms with Crippen LogP contribution in [0.4, 0.5) is 4.79 Å². The van der Waals surface area contributed by atoms with E-state index in [0.29, 0.717) is 31.6 Å². The number of hydrogen-bond donors (Lipinski definition) is 3. The zero-order valence-electron chi connectivity index (χ0n) is 16.0. The molecule has 1 saturated heterocycles. The molecule has 1 fully saturated rings. The first-order chi connectivity index (χ1) is 11.2. The molecule has 0 radical (unpaired) electrons. The van der Waals surface area contributed by atoms with Gasteiger partial charge in [0.15, 0.2) is 0 Å². The molecule has 0 aliphatic carbocycles. The van der Waals surface area contributed by atoms with Crippen molar-refractivity contribution in [3.05, 3.63) is 0 Å². The van der Waals surface area contributed by atoms with Gasteiger partial charge in [-0.25, -0.2) is 4.79 Å². The summed E-state index contributed by atoms with van der Waals surface area (Å²) in [6.45, 7) is 12.7. The van der Waals surface area contributed by atoms with Crippen molar-refractivity contribution in [1.29, 1.82) is 0 Å². The molecule has 1 aliphatic rings. The van der Waals surface area contributed by atoms with Crippen LogP contribution in [-0.4, -0.2) is 55.2 Å². The van der Waals surface area contributed by atoms with Crippen LogP contribution in [0.3, 0.4) is 0 Å². The lowest BCUT2D eigenvalue weighted by Gasteiger charge is -2.38. The smallest absolute Gasteiger partial charge is 0.407 e. The second kappa shape index (κ2) is 9.59. The number of amides is 1. The zero-order valence-corrected chi connectivity index (χ0v) is 16.0. The topological polar surface area (TPSA) is 79.8 Å². The molecule has 0 bridgehead atoms. The first kappa shape index (κ1) is 21.2. The highest BCUT2D eigenvalue weighted by Gasteiger charge is 2.32. The van der Waals surface area contributed by atoms with Crippen molar-refractivity contribution in [2.75, 3.05) is 32.9 Å². The minimum Gasteiger partial charge on any atom is -0.444 e. The van der Waals surface area contributed by atoms with Gasteiger partial charge in [-0.05, 0) is 51.9 Å². The molecule has 3 N–H and O–H groups in total. The van der Waals surface area contributed by atoms with Crippen LogP contribution in [0.15, 0.2) is 0 Å². The van der Waals surface area contributed by atoms with Gasteiger partial charge in [0, 0.05) is 31.8 Å². The van der Waals surface area contributed by atoms with Crippen molar-refractivity contribution < 1.29 is 19.4 Å². The molecule has 142 valence electrons. The lowest BCUT2D eigenvalue weighted by Crippen LogP contribution is -2.54. The second-order valence-corrected chi connectivity index (χ2v) is 8.31. The lowest BCUT2D eigenvalue weighted by molar-refractivity contribution is 0.00983. The van der Waals surface area contributed by atoms with Gasteiger partial charge in [0.1, 0.15) is 5.60 Å². The minimum absolute atomic E-state index is 0.115. The third-order valence-electron chi connectivity index (χ3n) is 4.26. The fraction of sp³-hybridized carbons (Fsp3) is 0.944. The number of aliphatic hydroxyl groups is 1. The highest BCUT2D eigenvalue weighted by Crippen LogP contribution is 2.21. The predicted molar refractivity (Wildman–Crippen MR) is 95.1 cm³/mol. The summed E-state index contributed by atoms with van der Waals surface area (Å²) in [7, 11) is 0. The third kappa shape index (κ3) is 8.31. The van der Waals surface area contributed by atoms with Gasteiger partial charge >= 0.3 is 6.09 Å². The Balaban J connectivity index is 2.50. The Morgan fingerprint density at radius 3 is 2.38 bits per heavy atom. The quantitative estimate of drug-likeness (QED) is 0.630. The van der Waals surface area contributed by atoms with Gasteiger partial charge in [-0.3, -0.25) is 0 Å². The van der Waals surface area contributed by atoms with E-state index in [1.807, 2.05) is 20.8 Å². The van der Waals surface area contributed by atoms with E-state index < -0.39 is 5.60 Å². The summed E-state index contributed by atoms with van der Waals surface area (Å²) in [6.07, 6.45) is 2.26. The summed E-state index contributed by atoms with van der Waals surface area (Å²) in [6, 6.07) is 0. The predicted octanol–water partition coefficient (Wildman–Crippen LogP) is 2.30. The largest absolute Gasteiger partial charge is 0.444 e. The highest BCUT2D eigenvalue weighted by molar-refractivity contribution is 5.67. The summed E-state index contributed by atoms with van der Waals surface area (Å²) >= 11 is 0. The van der Waals surface area contributed by atoms with Crippen molar-refractivity contribution in [2.24, 2.45) is 11.8 Å². The Bertz CT molecular complexity index is 374. The van der Waals surface area contributed by atoms with Gasteiger partial charge in [0.2, 0.25) is 0 Å². The Kier molecular flexibility index (Phi) is 8.46. The molecule has 1 rings (SSSR count). The molecule has 0 aromatic rings. The number of nitrogens with one attached hydrogen (secondary N) is 2. The highest BCUT2D eigenvalue weighted by atomic mass is 16.6. The maximum absolute atomic E-state index is 11.9. The zero-order chi connectivity index (χ0) is 18.2. The van der Waals surface area contributed by atoms with Crippen molar-refractivity contribution in [1.82, 2.24) is 10.6 Å².